The van der Waals surface area contributed by atoms with Crippen molar-refractivity contribution in [1.29, 1.82) is 0 Å². The zero-order valence-electron chi connectivity index (χ0n) is 11.3. The summed E-state index contributed by atoms with van der Waals surface area (Å²) in [5.74, 6) is -0.635. The number of carbonyl (C=O) groups is 1. The monoisotopic (exact) mass is 262 g/mol. The number of fused-ring (bicyclic) bond motifs is 1. The Hall–Kier alpha value is -2.01. The Kier molecular flexibility index (Phi) is 3.24. The van der Waals surface area contributed by atoms with Crippen molar-refractivity contribution in [2.45, 2.75) is 25.9 Å². The van der Waals surface area contributed by atoms with E-state index in [1.54, 1.807) is 4.57 Å². The second-order valence-corrected chi connectivity index (χ2v) is 5.28. The second kappa shape index (κ2) is 4.59. The molecule has 1 aromatic heterocycles. The highest BCUT2D eigenvalue weighted by Gasteiger charge is 2.25. The van der Waals surface area contributed by atoms with Gasteiger partial charge in [-0.15, -0.1) is 0 Å². The fourth-order valence-electron chi connectivity index (χ4n) is 2.26. The van der Waals surface area contributed by atoms with Crippen molar-refractivity contribution < 1.29 is 14.6 Å². The lowest BCUT2D eigenvalue weighted by Gasteiger charge is -2.21. The van der Waals surface area contributed by atoms with Crippen LogP contribution in [0.25, 0.3) is 10.9 Å². The van der Waals surface area contributed by atoms with Crippen molar-refractivity contribution in [2.24, 2.45) is 5.73 Å². The van der Waals surface area contributed by atoms with Crippen LogP contribution in [0, 0.1) is 0 Å². The third-order valence-corrected chi connectivity index (χ3v) is 2.90. The molecule has 19 heavy (non-hydrogen) atoms. The van der Waals surface area contributed by atoms with E-state index in [0.29, 0.717) is 12.3 Å². The van der Waals surface area contributed by atoms with Crippen molar-refractivity contribution in [3.8, 4) is 5.75 Å². The van der Waals surface area contributed by atoms with E-state index in [2.05, 4.69) is 0 Å². The van der Waals surface area contributed by atoms with Gasteiger partial charge in [0.2, 0.25) is 0 Å². The van der Waals surface area contributed by atoms with Crippen LogP contribution in [0.2, 0.25) is 0 Å². The van der Waals surface area contributed by atoms with Crippen LogP contribution in [0.3, 0.4) is 0 Å². The van der Waals surface area contributed by atoms with Gasteiger partial charge in [0.15, 0.2) is 11.4 Å². The summed E-state index contributed by atoms with van der Waals surface area (Å²) in [6.07, 6.45) is 0. The van der Waals surface area contributed by atoms with E-state index < -0.39 is 11.5 Å². The Balaban J connectivity index is 2.78. The first-order valence-electron chi connectivity index (χ1n) is 6.02. The Labute approximate surface area is 111 Å². The second-order valence-electron chi connectivity index (χ2n) is 5.28. The highest BCUT2D eigenvalue weighted by atomic mass is 16.5. The molecular formula is C14H18N2O3. The predicted octanol–water partition coefficient (Wildman–Crippen LogP) is 2.09. The molecule has 0 bridgehead atoms. The molecule has 0 aliphatic heterocycles. The Morgan fingerprint density at radius 2 is 2.05 bits per heavy atom. The number of methoxy groups -OCH3 is 1. The van der Waals surface area contributed by atoms with Gasteiger partial charge < -0.3 is 20.1 Å². The Bertz CT molecular complexity index is 623. The minimum absolute atomic E-state index is 0.141. The van der Waals surface area contributed by atoms with Crippen LogP contribution >= 0.6 is 0 Å². The Morgan fingerprint density at radius 1 is 1.42 bits per heavy atom. The first-order chi connectivity index (χ1) is 8.85. The number of ether oxygens (including phenoxy) is 1. The van der Waals surface area contributed by atoms with E-state index in [1.807, 2.05) is 38.1 Å². The van der Waals surface area contributed by atoms with Crippen LogP contribution in [0.15, 0.2) is 24.3 Å². The van der Waals surface area contributed by atoms with Crippen molar-refractivity contribution >= 4 is 16.9 Å². The third kappa shape index (κ3) is 2.42. The van der Waals surface area contributed by atoms with Crippen LogP contribution in [-0.2, 0) is 6.54 Å². The maximum Gasteiger partial charge on any atom is 0.356 e. The van der Waals surface area contributed by atoms with Crippen LogP contribution in [0.1, 0.15) is 24.3 Å². The van der Waals surface area contributed by atoms with Gasteiger partial charge in [0, 0.05) is 17.5 Å². The Morgan fingerprint density at radius 3 is 2.58 bits per heavy atom. The summed E-state index contributed by atoms with van der Waals surface area (Å²) < 4.78 is 6.98. The molecule has 0 saturated heterocycles. The van der Waals surface area contributed by atoms with E-state index in [9.17, 15) is 9.90 Å². The minimum atomic E-state index is -1.02. The summed E-state index contributed by atoms with van der Waals surface area (Å²) in [7, 11) is 1.48. The molecule has 0 atom stereocenters. The molecule has 5 heteroatoms. The van der Waals surface area contributed by atoms with E-state index in [-0.39, 0.29) is 5.69 Å². The van der Waals surface area contributed by atoms with Crippen LogP contribution in [0.5, 0.6) is 5.75 Å². The molecule has 1 aromatic carbocycles. The number of rotatable bonds is 4. The molecule has 0 aliphatic carbocycles. The van der Waals surface area contributed by atoms with E-state index in [1.165, 1.54) is 7.11 Å². The summed E-state index contributed by atoms with van der Waals surface area (Å²) in [6.45, 7) is 4.12. The lowest BCUT2D eigenvalue weighted by Crippen LogP contribution is -2.37. The summed E-state index contributed by atoms with van der Waals surface area (Å²) in [5.41, 5.74) is 6.46. The van der Waals surface area contributed by atoms with Gasteiger partial charge in [0.1, 0.15) is 0 Å². The third-order valence-electron chi connectivity index (χ3n) is 2.90. The number of aromatic carboxylic acids is 1. The van der Waals surface area contributed by atoms with Crippen LogP contribution in [0.4, 0.5) is 0 Å². The van der Waals surface area contributed by atoms with Gasteiger partial charge in [-0.05, 0) is 26.0 Å². The number of hydrogen-bond donors (Lipinski definition) is 2. The fraction of sp³-hybridized carbons (Fsp3) is 0.357. The number of benzene rings is 1. The lowest BCUT2D eigenvalue weighted by molar-refractivity contribution is 0.0681. The normalized spacial score (nSPS) is 11.8. The highest BCUT2D eigenvalue weighted by molar-refractivity contribution is 6.01. The van der Waals surface area contributed by atoms with Crippen molar-refractivity contribution in [2.75, 3.05) is 7.11 Å². The topological polar surface area (TPSA) is 77.5 Å². The molecule has 0 spiro atoms. The summed E-state index contributed by atoms with van der Waals surface area (Å²) in [6, 6.07) is 7.44. The molecular weight excluding hydrogens is 244 g/mol. The van der Waals surface area contributed by atoms with Crippen molar-refractivity contribution in [3.63, 3.8) is 0 Å². The van der Waals surface area contributed by atoms with Crippen molar-refractivity contribution in [1.82, 2.24) is 4.57 Å². The van der Waals surface area contributed by atoms with Gasteiger partial charge in [-0.2, -0.15) is 0 Å². The SMILES string of the molecule is COc1c(C(=O)O)n(CC(C)(C)N)c2ccccc12. The quantitative estimate of drug-likeness (QED) is 0.884. The average Bonchev–Trinajstić information content (AvgIpc) is 2.61. The zero-order chi connectivity index (χ0) is 14.2. The average molecular weight is 262 g/mol. The first kappa shape index (κ1) is 13.4. The van der Waals surface area contributed by atoms with Gasteiger partial charge in [0.05, 0.1) is 12.6 Å². The molecule has 0 fully saturated rings. The molecule has 0 saturated carbocycles. The van der Waals surface area contributed by atoms with E-state index in [0.717, 1.165) is 10.9 Å². The van der Waals surface area contributed by atoms with Gasteiger partial charge in [0.25, 0.3) is 0 Å². The molecule has 2 rings (SSSR count). The van der Waals surface area contributed by atoms with Crippen molar-refractivity contribution in [3.05, 3.63) is 30.0 Å². The zero-order valence-corrected chi connectivity index (χ0v) is 11.3. The fourth-order valence-corrected chi connectivity index (χ4v) is 2.26. The highest BCUT2D eigenvalue weighted by Crippen LogP contribution is 2.33. The number of aromatic nitrogens is 1. The maximum atomic E-state index is 11.5. The van der Waals surface area contributed by atoms with Gasteiger partial charge in [-0.1, -0.05) is 12.1 Å². The maximum absolute atomic E-state index is 11.5. The number of hydrogen-bond acceptors (Lipinski definition) is 3. The number of nitrogens with zero attached hydrogens (tertiary/aromatic N) is 1. The van der Waals surface area contributed by atoms with E-state index >= 15 is 0 Å². The molecule has 3 N–H and O–H groups in total. The molecule has 5 nitrogen and oxygen atoms in total. The molecule has 1 heterocycles. The van der Waals surface area contributed by atoms with Crippen LogP contribution < -0.4 is 10.5 Å². The number of nitrogens with two attached hydrogens (primary N) is 1. The van der Waals surface area contributed by atoms with E-state index in [4.69, 9.17) is 10.5 Å². The number of carboxylic acids is 1. The molecule has 0 unspecified atom stereocenters. The molecule has 0 aliphatic rings. The molecule has 0 amide bonds. The smallest absolute Gasteiger partial charge is 0.356 e. The standard InChI is InChI=1S/C14H18N2O3/c1-14(2,15)8-16-10-7-5-4-6-9(10)12(19-3)11(16)13(17)18/h4-7H,8,15H2,1-3H3,(H,17,18). The summed E-state index contributed by atoms with van der Waals surface area (Å²) in [4.78, 5) is 11.5. The summed E-state index contributed by atoms with van der Waals surface area (Å²) >= 11 is 0. The molecule has 102 valence electrons. The summed E-state index contributed by atoms with van der Waals surface area (Å²) in [5, 5.41) is 10.2. The predicted molar refractivity (Wildman–Crippen MR) is 73.7 cm³/mol. The first-order valence-corrected chi connectivity index (χ1v) is 6.02. The van der Waals surface area contributed by atoms with Gasteiger partial charge in [-0.25, -0.2) is 4.79 Å². The molecule has 0 radical (unpaired) electrons. The van der Waals surface area contributed by atoms with Crippen LogP contribution in [-0.4, -0.2) is 28.3 Å². The number of para-hydroxylation sites is 1. The molecule has 2 aromatic rings. The van der Waals surface area contributed by atoms with Gasteiger partial charge in [-0.3, -0.25) is 0 Å². The minimum Gasteiger partial charge on any atom is -0.494 e. The van der Waals surface area contributed by atoms with Gasteiger partial charge >= 0.3 is 5.97 Å². The number of carboxylic acid groups (broad SMARTS) is 1. The lowest BCUT2D eigenvalue weighted by atomic mass is 10.1. The largest absolute Gasteiger partial charge is 0.494 e.